The number of rotatable bonds is 2. The fraction of sp³-hybridized carbons (Fsp3) is 0.231. The summed E-state index contributed by atoms with van der Waals surface area (Å²) in [6, 6.07) is 7.59. The van der Waals surface area contributed by atoms with Gasteiger partial charge in [-0.2, -0.15) is 9.78 Å². The number of benzene rings is 1. The van der Waals surface area contributed by atoms with Crippen molar-refractivity contribution >= 4 is 16.8 Å². The normalized spacial score (nSPS) is 27.0. The Morgan fingerprint density at radius 3 is 3.06 bits per heavy atom. The summed E-state index contributed by atoms with van der Waals surface area (Å²) in [5.41, 5.74) is 6.04. The number of nitrogens with zero attached hydrogens (tertiary/aromatic N) is 2. The Balaban J connectivity index is 2.05. The minimum Gasteiger partial charge on any atom is -0.317 e. The predicted molar refractivity (Wildman–Crippen MR) is 65.6 cm³/mol. The molecule has 4 heteroatoms. The standard InChI is InChI=1S/C13H13N3O/c1-2-10-7-13(10,14)12(17)16-11-6-4-3-5-9(11)8-15-16/h2-6,8,10H,1,7,14H2. The summed E-state index contributed by atoms with van der Waals surface area (Å²) >= 11 is 0. The molecular formula is C13H13N3O. The Morgan fingerprint density at radius 2 is 2.35 bits per heavy atom. The highest BCUT2D eigenvalue weighted by molar-refractivity contribution is 5.98. The van der Waals surface area contributed by atoms with Crippen molar-refractivity contribution in [3.8, 4) is 0 Å². The van der Waals surface area contributed by atoms with Crippen LogP contribution in [0.1, 0.15) is 11.2 Å². The molecule has 0 amide bonds. The zero-order valence-electron chi connectivity index (χ0n) is 9.34. The van der Waals surface area contributed by atoms with Gasteiger partial charge in [0.1, 0.15) is 5.54 Å². The summed E-state index contributed by atoms with van der Waals surface area (Å²) in [6.45, 7) is 3.68. The Bertz CT molecular complexity index is 616. The summed E-state index contributed by atoms with van der Waals surface area (Å²) in [7, 11) is 0. The second-order valence-electron chi connectivity index (χ2n) is 4.51. The second kappa shape index (κ2) is 3.28. The van der Waals surface area contributed by atoms with Gasteiger partial charge in [-0.3, -0.25) is 4.79 Å². The molecule has 0 saturated heterocycles. The molecule has 86 valence electrons. The third-order valence-corrected chi connectivity index (χ3v) is 3.41. The first-order valence-electron chi connectivity index (χ1n) is 5.56. The largest absolute Gasteiger partial charge is 0.317 e. The monoisotopic (exact) mass is 227 g/mol. The van der Waals surface area contributed by atoms with E-state index in [0.29, 0.717) is 6.42 Å². The van der Waals surface area contributed by atoms with Crippen molar-refractivity contribution in [2.45, 2.75) is 12.0 Å². The average Bonchev–Trinajstić information content (AvgIpc) is 2.86. The van der Waals surface area contributed by atoms with Crippen LogP contribution in [0.5, 0.6) is 0 Å². The first-order valence-corrected chi connectivity index (χ1v) is 5.56. The highest BCUT2D eigenvalue weighted by Gasteiger charge is 2.56. The number of aromatic nitrogens is 2. The first-order chi connectivity index (χ1) is 8.16. The molecule has 1 aromatic heterocycles. The van der Waals surface area contributed by atoms with Gasteiger partial charge >= 0.3 is 0 Å². The van der Waals surface area contributed by atoms with Gasteiger partial charge in [0.2, 0.25) is 0 Å². The van der Waals surface area contributed by atoms with Crippen molar-refractivity contribution in [1.82, 2.24) is 9.78 Å². The molecule has 1 heterocycles. The Morgan fingerprint density at radius 1 is 1.59 bits per heavy atom. The molecule has 2 aromatic rings. The molecule has 2 N–H and O–H groups in total. The topological polar surface area (TPSA) is 60.9 Å². The van der Waals surface area contributed by atoms with Gasteiger partial charge in [-0.1, -0.05) is 24.3 Å². The molecule has 2 atom stereocenters. The molecule has 1 aliphatic carbocycles. The van der Waals surface area contributed by atoms with Crippen LogP contribution in [0.3, 0.4) is 0 Å². The van der Waals surface area contributed by atoms with Crippen molar-refractivity contribution < 1.29 is 4.79 Å². The van der Waals surface area contributed by atoms with Crippen LogP contribution in [-0.4, -0.2) is 21.2 Å². The van der Waals surface area contributed by atoms with Gasteiger partial charge in [0.15, 0.2) is 0 Å². The fourth-order valence-corrected chi connectivity index (χ4v) is 2.18. The Kier molecular flexibility index (Phi) is 1.97. The van der Waals surface area contributed by atoms with Crippen LogP contribution in [0.4, 0.5) is 0 Å². The second-order valence-corrected chi connectivity index (χ2v) is 4.51. The molecule has 2 unspecified atom stereocenters. The van der Waals surface area contributed by atoms with E-state index in [1.807, 2.05) is 24.3 Å². The number of carbonyl (C=O) groups excluding carboxylic acids is 1. The van der Waals surface area contributed by atoms with Crippen molar-refractivity contribution in [2.24, 2.45) is 11.7 Å². The summed E-state index contributed by atoms with van der Waals surface area (Å²) in [4.78, 5) is 12.3. The molecule has 3 rings (SSSR count). The number of para-hydroxylation sites is 1. The van der Waals surface area contributed by atoms with Gasteiger partial charge in [-0.25, -0.2) is 0 Å². The molecule has 0 spiro atoms. The fourth-order valence-electron chi connectivity index (χ4n) is 2.18. The van der Waals surface area contributed by atoms with Gasteiger partial charge in [0, 0.05) is 11.3 Å². The third kappa shape index (κ3) is 1.34. The van der Waals surface area contributed by atoms with Crippen LogP contribution < -0.4 is 5.73 Å². The Labute approximate surface area is 98.7 Å². The lowest BCUT2D eigenvalue weighted by atomic mass is 10.2. The minimum absolute atomic E-state index is 0.0676. The maximum atomic E-state index is 12.3. The van der Waals surface area contributed by atoms with Crippen LogP contribution in [0.15, 0.2) is 43.1 Å². The average molecular weight is 227 g/mol. The number of fused-ring (bicyclic) bond motifs is 1. The third-order valence-electron chi connectivity index (χ3n) is 3.41. The van der Waals surface area contributed by atoms with E-state index in [0.717, 1.165) is 10.9 Å². The Hall–Kier alpha value is -1.94. The minimum atomic E-state index is -0.809. The predicted octanol–water partition coefficient (Wildman–Crippen LogP) is 1.58. The summed E-state index contributed by atoms with van der Waals surface area (Å²) in [6.07, 6.45) is 4.08. The van der Waals surface area contributed by atoms with Crippen molar-refractivity contribution in [3.63, 3.8) is 0 Å². The smallest absolute Gasteiger partial charge is 0.268 e. The molecule has 1 aromatic carbocycles. The van der Waals surface area contributed by atoms with Crippen LogP contribution in [0, 0.1) is 5.92 Å². The summed E-state index contributed by atoms with van der Waals surface area (Å²) in [5, 5.41) is 5.07. The van der Waals surface area contributed by atoms with Crippen LogP contribution >= 0.6 is 0 Å². The summed E-state index contributed by atoms with van der Waals surface area (Å²) in [5.74, 6) is -0.0819. The molecular weight excluding hydrogens is 214 g/mol. The van der Waals surface area contributed by atoms with E-state index in [1.54, 1.807) is 12.3 Å². The van der Waals surface area contributed by atoms with Crippen LogP contribution in [0.2, 0.25) is 0 Å². The number of hydrogen-bond acceptors (Lipinski definition) is 3. The van der Waals surface area contributed by atoms with E-state index in [4.69, 9.17) is 5.73 Å². The maximum absolute atomic E-state index is 12.3. The van der Waals surface area contributed by atoms with E-state index in [-0.39, 0.29) is 11.8 Å². The number of carbonyl (C=O) groups is 1. The molecule has 1 fully saturated rings. The molecule has 1 aliphatic rings. The van der Waals surface area contributed by atoms with E-state index in [9.17, 15) is 4.79 Å². The highest BCUT2D eigenvalue weighted by Crippen LogP contribution is 2.43. The molecule has 17 heavy (non-hydrogen) atoms. The molecule has 0 bridgehead atoms. The molecule has 0 radical (unpaired) electrons. The van der Waals surface area contributed by atoms with Crippen molar-refractivity contribution in [2.75, 3.05) is 0 Å². The van der Waals surface area contributed by atoms with Crippen molar-refractivity contribution in [1.29, 1.82) is 0 Å². The quantitative estimate of drug-likeness (QED) is 0.792. The first kappa shape index (κ1) is 10.2. The lowest BCUT2D eigenvalue weighted by molar-refractivity contribution is 0.0850. The van der Waals surface area contributed by atoms with Gasteiger partial charge in [0.05, 0.1) is 11.7 Å². The van der Waals surface area contributed by atoms with Gasteiger partial charge in [0.25, 0.3) is 5.91 Å². The van der Waals surface area contributed by atoms with Gasteiger partial charge < -0.3 is 5.73 Å². The SMILES string of the molecule is C=CC1CC1(N)C(=O)n1ncc2ccccc21. The molecule has 0 aliphatic heterocycles. The number of nitrogens with two attached hydrogens (primary N) is 1. The molecule has 4 nitrogen and oxygen atoms in total. The van der Waals surface area contributed by atoms with Gasteiger partial charge in [-0.15, -0.1) is 6.58 Å². The van der Waals surface area contributed by atoms with E-state index in [1.165, 1.54) is 4.68 Å². The van der Waals surface area contributed by atoms with E-state index < -0.39 is 5.54 Å². The van der Waals surface area contributed by atoms with Crippen LogP contribution in [-0.2, 0) is 0 Å². The van der Waals surface area contributed by atoms with E-state index in [2.05, 4.69) is 11.7 Å². The van der Waals surface area contributed by atoms with Crippen molar-refractivity contribution in [3.05, 3.63) is 43.1 Å². The zero-order chi connectivity index (χ0) is 12.0. The highest BCUT2D eigenvalue weighted by atomic mass is 16.2. The number of hydrogen-bond donors (Lipinski definition) is 1. The summed E-state index contributed by atoms with van der Waals surface area (Å²) < 4.78 is 1.40. The van der Waals surface area contributed by atoms with Crippen LogP contribution in [0.25, 0.3) is 10.9 Å². The lowest BCUT2D eigenvalue weighted by Crippen LogP contribution is -2.39. The lowest BCUT2D eigenvalue weighted by Gasteiger charge is -2.09. The maximum Gasteiger partial charge on any atom is 0.268 e. The zero-order valence-corrected chi connectivity index (χ0v) is 9.34. The molecule has 1 saturated carbocycles. The van der Waals surface area contributed by atoms with E-state index >= 15 is 0 Å². The van der Waals surface area contributed by atoms with Gasteiger partial charge in [-0.05, 0) is 12.5 Å².